The normalized spacial score (nSPS) is 15.3. The summed E-state index contributed by atoms with van der Waals surface area (Å²) in [6.45, 7) is 3.93. The topological polar surface area (TPSA) is 20.2 Å². The molecule has 0 saturated heterocycles. The fourth-order valence-electron chi connectivity index (χ4n) is 0.743. The van der Waals surface area contributed by atoms with E-state index in [0.717, 1.165) is 17.1 Å². The number of aliphatic hydroxyl groups is 1. The molecule has 3 heteroatoms. The lowest BCUT2D eigenvalue weighted by Gasteiger charge is -2.31. The molecule has 0 amide bonds. The molecule has 0 aromatic heterocycles. The Labute approximate surface area is 79.5 Å². The molecule has 1 atom stereocenters. The highest BCUT2D eigenvalue weighted by molar-refractivity contribution is 9.09. The van der Waals surface area contributed by atoms with Crippen LogP contribution >= 0.6 is 31.9 Å². The average molecular weight is 274 g/mol. The molecule has 0 aliphatic carbocycles. The van der Waals surface area contributed by atoms with E-state index in [0.29, 0.717) is 0 Å². The zero-order valence-electron chi connectivity index (χ0n) is 6.40. The molecule has 0 spiro atoms. The van der Waals surface area contributed by atoms with Crippen molar-refractivity contribution in [3.05, 3.63) is 0 Å². The van der Waals surface area contributed by atoms with Gasteiger partial charge in [-0.25, -0.2) is 0 Å². The molecule has 1 unspecified atom stereocenters. The van der Waals surface area contributed by atoms with Gasteiger partial charge in [-0.15, -0.1) is 0 Å². The first kappa shape index (κ1) is 10.9. The van der Waals surface area contributed by atoms with E-state index in [1.54, 1.807) is 0 Å². The third-order valence-electron chi connectivity index (χ3n) is 2.12. The molecule has 0 aliphatic heterocycles. The third-order valence-corrected chi connectivity index (χ3v) is 4.36. The van der Waals surface area contributed by atoms with E-state index in [2.05, 4.69) is 38.8 Å². The molecule has 0 aliphatic rings. The van der Waals surface area contributed by atoms with Gasteiger partial charge in [-0.05, 0) is 13.3 Å². The van der Waals surface area contributed by atoms with Crippen molar-refractivity contribution in [3.8, 4) is 0 Å². The molecule has 0 aromatic carbocycles. The van der Waals surface area contributed by atoms with Gasteiger partial charge in [-0.2, -0.15) is 0 Å². The van der Waals surface area contributed by atoms with Crippen molar-refractivity contribution in [3.63, 3.8) is 0 Å². The first-order valence-corrected chi connectivity index (χ1v) is 5.67. The van der Waals surface area contributed by atoms with E-state index >= 15 is 0 Å². The molecule has 0 radical (unpaired) electrons. The summed E-state index contributed by atoms with van der Waals surface area (Å²) in [6, 6.07) is 0. The zero-order chi connectivity index (χ0) is 8.20. The Morgan fingerprint density at radius 1 is 1.40 bits per heavy atom. The van der Waals surface area contributed by atoms with Crippen molar-refractivity contribution in [1.29, 1.82) is 0 Å². The molecule has 1 nitrogen and oxygen atoms in total. The first-order chi connectivity index (χ1) is 4.63. The van der Waals surface area contributed by atoms with Gasteiger partial charge >= 0.3 is 0 Å². The van der Waals surface area contributed by atoms with Gasteiger partial charge in [-0.3, -0.25) is 0 Å². The van der Waals surface area contributed by atoms with Crippen molar-refractivity contribution in [1.82, 2.24) is 0 Å². The minimum atomic E-state index is -0.253. The Hall–Kier alpha value is 0.920. The van der Waals surface area contributed by atoms with E-state index in [-0.39, 0.29) is 11.5 Å². The van der Waals surface area contributed by atoms with E-state index < -0.39 is 0 Å². The smallest absolute Gasteiger partial charge is 0.0584 e. The average Bonchev–Trinajstić information content (AvgIpc) is 1.92. The Kier molecular flexibility index (Phi) is 5.16. The summed E-state index contributed by atoms with van der Waals surface area (Å²) in [5.41, 5.74) is 0.0139. The summed E-state index contributed by atoms with van der Waals surface area (Å²) in [7, 11) is 0. The molecule has 0 saturated carbocycles. The van der Waals surface area contributed by atoms with Crippen LogP contribution in [0.5, 0.6) is 0 Å². The number of alkyl halides is 2. The monoisotopic (exact) mass is 272 g/mol. The molecular weight excluding hydrogens is 260 g/mol. The van der Waals surface area contributed by atoms with Crippen LogP contribution in [0.3, 0.4) is 0 Å². The highest BCUT2D eigenvalue weighted by Gasteiger charge is 2.30. The van der Waals surface area contributed by atoms with E-state index in [9.17, 15) is 5.11 Å². The number of rotatable bonds is 4. The Morgan fingerprint density at radius 3 is 1.80 bits per heavy atom. The Morgan fingerprint density at radius 2 is 1.80 bits per heavy atom. The van der Waals surface area contributed by atoms with Crippen LogP contribution in [0.4, 0.5) is 0 Å². The lowest BCUT2D eigenvalue weighted by atomic mass is 9.85. The standard InChI is InChI=1S/C7H14Br2O/c1-3-7(4-8,5-9)6(2)10/h6,10H,3-5H2,1-2H3. The van der Waals surface area contributed by atoms with Gasteiger partial charge in [0.05, 0.1) is 6.10 Å². The Bertz CT molecular complexity index is 81.3. The van der Waals surface area contributed by atoms with E-state index in [1.807, 2.05) is 6.92 Å². The van der Waals surface area contributed by atoms with E-state index in [4.69, 9.17) is 0 Å². The van der Waals surface area contributed by atoms with Gasteiger partial charge in [-0.1, -0.05) is 38.8 Å². The minimum Gasteiger partial charge on any atom is -0.393 e. The summed E-state index contributed by atoms with van der Waals surface area (Å²) in [6.07, 6.45) is 0.734. The van der Waals surface area contributed by atoms with Gasteiger partial charge in [0.25, 0.3) is 0 Å². The second-order valence-corrected chi connectivity index (χ2v) is 3.78. The van der Waals surface area contributed by atoms with Crippen LogP contribution in [-0.4, -0.2) is 21.9 Å². The van der Waals surface area contributed by atoms with Gasteiger partial charge < -0.3 is 5.11 Å². The molecular formula is C7H14Br2O. The highest BCUT2D eigenvalue weighted by Crippen LogP contribution is 2.30. The van der Waals surface area contributed by atoms with Crippen LogP contribution in [0.25, 0.3) is 0 Å². The minimum absolute atomic E-state index is 0.0139. The van der Waals surface area contributed by atoms with Gasteiger partial charge in [0.2, 0.25) is 0 Å². The van der Waals surface area contributed by atoms with E-state index in [1.165, 1.54) is 0 Å². The number of hydrogen-bond acceptors (Lipinski definition) is 1. The predicted octanol–water partition coefficient (Wildman–Crippen LogP) is 2.55. The second kappa shape index (κ2) is 4.73. The fraction of sp³-hybridized carbons (Fsp3) is 1.00. The highest BCUT2D eigenvalue weighted by atomic mass is 79.9. The van der Waals surface area contributed by atoms with Crippen molar-refractivity contribution in [2.75, 3.05) is 10.7 Å². The number of aliphatic hydroxyl groups excluding tert-OH is 1. The largest absolute Gasteiger partial charge is 0.393 e. The number of hydrogen-bond donors (Lipinski definition) is 1. The molecule has 10 heavy (non-hydrogen) atoms. The molecule has 0 bridgehead atoms. The third kappa shape index (κ3) is 2.21. The van der Waals surface area contributed by atoms with Gasteiger partial charge in [0.15, 0.2) is 0 Å². The second-order valence-electron chi connectivity index (χ2n) is 2.66. The van der Waals surface area contributed by atoms with Crippen LogP contribution in [0.2, 0.25) is 0 Å². The zero-order valence-corrected chi connectivity index (χ0v) is 9.57. The summed E-state index contributed by atoms with van der Waals surface area (Å²) in [4.78, 5) is 0. The molecule has 0 rings (SSSR count). The van der Waals surface area contributed by atoms with Crippen LogP contribution in [0.1, 0.15) is 20.3 Å². The van der Waals surface area contributed by atoms with Crippen molar-refractivity contribution >= 4 is 31.9 Å². The lowest BCUT2D eigenvalue weighted by molar-refractivity contribution is 0.0724. The van der Waals surface area contributed by atoms with Crippen LogP contribution in [-0.2, 0) is 0 Å². The van der Waals surface area contributed by atoms with Crippen molar-refractivity contribution < 1.29 is 5.11 Å². The Balaban J connectivity index is 4.15. The van der Waals surface area contributed by atoms with Crippen molar-refractivity contribution in [2.24, 2.45) is 5.41 Å². The van der Waals surface area contributed by atoms with Crippen LogP contribution in [0.15, 0.2) is 0 Å². The summed E-state index contributed by atoms with van der Waals surface area (Å²) >= 11 is 6.81. The van der Waals surface area contributed by atoms with Crippen molar-refractivity contribution in [2.45, 2.75) is 26.4 Å². The molecule has 1 N–H and O–H groups in total. The maximum Gasteiger partial charge on any atom is 0.0584 e. The predicted molar refractivity (Wildman–Crippen MR) is 52.0 cm³/mol. The number of halogens is 2. The molecule has 0 fully saturated rings. The molecule has 62 valence electrons. The molecule has 0 aromatic rings. The quantitative estimate of drug-likeness (QED) is 0.781. The SMILES string of the molecule is CCC(CBr)(CBr)C(C)O. The molecule has 0 heterocycles. The van der Waals surface area contributed by atoms with Gasteiger partial charge in [0.1, 0.15) is 0 Å². The maximum absolute atomic E-state index is 9.40. The van der Waals surface area contributed by atoms with Gasteiger partial charge in [0, 0.05) is 16.1 Å². The summed E-state index contributed by atoms with van der Waals surface area (Å²) in [5.74, 6) is 0. The lowest BCUT2D eigenvalue weighted by Crippen LogP contribution is -2.35. The van der Waals surface area contributed by atoms with Crippen LogP contribution < -0.4 is 0 Å². The first-order valence-electron chi connectivity index (χ1n) is 3.43. The maximum atomic E-state index is 9.40. The van der Waals surface area contributed by atoms with Crippen LogP contribution in [0, 0.1) is 5.41 Å². The summed E-state index contributed by atoms with van der Waals surface area (Å²) < 4.78 is 0. The fourth-order valence-corrected chi connectivity index (χ4v) is 3.40. The summed E-state index contributed by atoms with van der Waals surface area (Å²) in [5, 5.41) is 11.1.